The summed E-state index contributed by atoms with van der Waals surface area (Å²) in [6.07, 6.45) is 0. The van der Waals surface area contributed by atoms with Crippen LogP contribution >= 0.6 is 0 Å². The van der Waals surface area contributed by atoms with E-state index in [1.807, 2.05) is 32.0 Å². The monoisotopic (exact) mass is 412 g/mol. The van der Waals surface area contributed by atoms with Gasteiger partial charge < -0.3 is 14.8 Å². The van der Waals surface area contributed by atoms with Crippen molar-refractivity contribution in [3.05, 3.63) is 76.2 Å². The van der Waals surface area contributed by atoms with Gasteiger partial charge in [-0.2, -0.15) is 0 Å². The van der Waals surface area contributed by atoms with Gasteiger partial charge in [0.1, 0.15) is 18.2 Å². The molecule has 1 aliphatic rings. The van der Waals surface area contributed by atoms with Crippen molar-refractivity contribution in [1.29, 1.82) is 0 Å². The number of esters is 1. The average molecular weight is 412 g/mol. The van der Waals surface area contributed by atoms with Crippen LogP contribution in [0.25, 0.3) is 0 Å². The third-order valence-corrected chi connectivity index (χ3v) is 5.21. The quantitative estimate of drug-likeness (QED) is 0.728. The molecule has 2 aromatic rings. The number of hydrogen-bond acceptors (Lipinski definition) is 4. The van der Waals surface area contributed by atoms with Crippen LogP contribution in [0.4, 0.5) is 9.18 Å². The smallest absolute Gasteiger partial charge is 0.338 e. The maximum absolute atomic E-state index is 14.5. The third-order valence-electron chi connectivity index (χ3n) is 5.21. The first-order chi connectivity index (χ1) is 14.3. The lowest BCUT2D eigenvalue weighted by atomic mass is 9.94. The summed E-state index contributed by atoms with van der Waals surface area (Å²) in [5.41, 5.74) is 2.68. The molecule has 2 aromatic carbocycles. The predicted molar refractivity (Wildman–Crippen MR) is 111 cm³/mol. The van der Waals surface area contributed by atoms with E-state index in [-0.39, 0.29) is 24.4 Å². The van der Waals surface area contributed by atoms with Gasteiger partial charge in [-0.15, -0.1) is 0 Å². The van der Waals surface area contributed by atoms with E-state index in [0.717, 1.165) is 11.1 Å². The lowest BCUT2D eigenvalue weighted by Crippen LogP contribution is -2.48. The van der Waals surface area contributed by atoms with Crippen LogP contribution in [0, 0.1) is 19.7 Å². The summed E-state index contributed by atoms with van der Waals surface area (Å²) in [7, 11) is 1.54. The number of rotatable bonds is 6. The Balaban J connectivity index is 2.07. The van der Waals surface area contributed by atoms with E-state index in [1.54, 1.807) is 19.1 Å². The van der Waals surface area contributed by atoms with Gasteiger partial charge in [0, 0.05) is 12.6 Å². The van der Waals surface area contributed by atoms with E-state index in [9.17, 15) is 14.0 Å². The molecule has 0 spiro atoms. The van der Waals surface area contributed by atoms with Crippen LogP contribution < -0.4 is 10.1 Å². The summed E-state index contributed by atoms with van der Waals surface area (Å²) in [4.78, 5) is 26.8. The van der Waals surface area contributed by atoms with Gasteiger partial charge in [0.15, 0.2) is 0 Å². The van der Waals surface area contributed by atoms with Gasteiger partial charge in [0.25, 0.3) is 0 Å². The number of likely N-dealkylation sites (N-methyl/N-ethyl adjacent to an activating group) is 1. The molecule has 3 rings (SSSR count). The van der Waals surface area contributed by atoms with Gasteiger partial charge in [-0.3, -0.25) is 4.90 Å². The first-order valence-corrected chi connectivity index (χ1v) is 9.73. The van der Waals surface area contributed by atoms with E-state index in [2.05, 4.69) is 5.32 Å². The summed E-state index contributed by atoms with van der Waals surface area (Å²) in [6, 6.07) is 10.2. The fraction of sp³-hybridized carbons (Fsp3) is 0.304. The normalized spacial score (nSPS) is 16.4. The van der Waals surface area contributed by atoms with Crippen LogP contribution in [0.5, 0.6) is 5.75 Å². The Bertz CT molecular complexity index is 1000. The standard InChI is InChI=1S/C23H25FN2O4/c1-5-29-22(27)20-18(13-30-19-12-8-9-14(2)15(19)3)26(4)23(28)25-21(20)16-10-6-7-11-17(16)24/h6-12,21H,5,13H2,1-4H3,(H,25,28). The highest BCUT2D eigenvalue weighted by molar-refractivity contribution is 5.95. The second-order valence-electron chi connectivity index (χ2n) is 7.03. The van der Waals surface area contributed by atoms with Crippen molar-refractivity contribution in [1.82, 2.24) is 10.2 Å². The summed E-state index contributed by atoms with van der Waals surface area (Å²) in [6.45, 7) is 5.70. The molecule has 0 bridgehead atoms. The highest BCUT2D eigenvalue weighted by atomic mass is 19.1. The SMILES string of the molecule is CCOC(=O)C1=C(COc2cccc(C)c2C)N(C)C(=O)NC1c1ccccc1F. The van der Waals surface area contributed by atoms with Crippen molar-refractivity contribution >= 4 is 12.0 Å². The molecule has 0 radical (unpaired) electrons. The zero-order valence-corrected chi connectivity index (χ0v) is 17.5. The molecular formula is C23H25FN2O4. The van der Waals surface area contributed by atoms with Crippen molar-refractivity contribution in [2.24, 2.45) is 0 Å². The molecule has 0 aromatic heterocycles. The Morgan fingerprint density at radius 3 is 2.60 bits per heavy atom. The predicted octanol–water partition coefficient (Wildman–Crippen LogP) is 4.03. The van der Waals surface area contributed by atoms with Crippen molar-refractivity contribution in [3.8, 4) is 5.75 Å². The molecule has 0 aliphatic carbocycles. The number of carbonyl (C=O) groups is 2. The highest BCUT2D eigenvalue weighted by Crippen LogP contribution is 2.33. The average Bonchev–Trinajstić information content (AvgIpc) is 2.72. The molecule has 0 fully saturated rings. The maximum Gasteiger partial charge on any atom is 0.338 e. The molecule has 0 saturated heterocycles. The van der Waals surface area contributed by atoms with Gasteiger partial charge >= 0.3 is 12.0 Å². The van der Waals surface area contributed by atoms with Crippen LogP contribution in [-0.2, 0) is 9.53 Å². The molecule has 0 saturated carbocycles. The third kappa shape index (κ3) is 4.15. The molecule has 2 amide bonds. The maximum atomic E-state index is 14.5. The molecule has 158 valence electrons. The van der Waals surface area contributed by atoms with Crippen LogP contribution in [0.1, 0.15) is 29.7 Å². The number of aryl methyl sites for hydroxylation is 1. The van der Waals surface area contributed by atoms with Gasteiger partial charge in [0.05, 0.1) is 23.9 Å². The minimum absolute atomic E-state index is 0.0483. The highest BCUT2D eigenvalue weighted by Gasteiger charge is 2.38. The number of ether oxygens (including phenoxy) is 2. The van der Waals surface area contributed by atoms with Crippen molar-refractivity contribution in [3.63, 3.8) is 0 Å². The van der Waals surface area contributed by atoms with E-state index in [4.69, 9.17) is 9.47 Å². The van der Waals surface area contributed by atoms with E-state index < -0.39 is 23.9 Å². The summed E-state index contributed by atoms with van der Waals surface area (Å²) >= 11 is 0. The Hall–Kier alpha value is -3.35. The number of nitrogens with one attached hydrogen (secondary N) is 1. The Morgan fingerprint density at radius 2 is 1.90 bits per heavy atom. The zero-order valence-electron chi connectivity index (χ0n) is 17.5. The summed E-state index contributed by atoms with van der Waals surface area (Å²) in [5.74, 6) is -0.506. The molecule has 1 aliphatic heterocycles. The van der Waals surface area contributed by atoms with Crippen LogP contribution in [0.3, 0.4) is 0 Å². The van der Waals surface area contributed by atoms with Crippen LogP contribution in [0.15, 0.2) is 53.7 Å². The Morgan fingerprint density at radius 1 is 1.17 bits per heavy atom. The summed E-state index contributed by atoms with van der Waals surface area (Å²) < 4.78 is 25.7. The van der Waals surface area contributed by atoms with Crippen molar-refractivity contribution < 1.29 is 23.5 Å². The largest absolute Gasteiger partial charge is 0.487 e. The number of amides is 2. The van der Waals surface area contributed by atoms with Gasteiger partial charge in [-0.05, 0) is 44.0 Å². The second-order valence-corrected chi connectivity index (χ2v) is 7.03. The lowest BCUT2D eigenvalue weighted by Gasteiger charge is -2.34. The van der Waals surface area contributed by atoms with Gasteiger partial charge in [-0.1, -0.05) is 30.3 Å². The van der Waals surface area contributed by atoms with E-state index in [0.29, 0.717) is 11.4 Å². The number of nitrogens with zero attached hydrogens (tertiary/aromatic N) is 1. The van der Waals surface area contributed by atoms with Crippen molar-refractivity contribution in [2.45, 2.75) is 26.8 Å². The van der Waals surface area contributed by atoms with Crippen LogP contribution in [-0.4, -0.2) is 37.2 Å². The fourth-order valence-corrected chi connectivity index (χ4v) is 3.35. The lowest BCUT2D eigenvalue weighted by molar-refractivity contribution is -0.139. The number of hydrogen-bond donors (Lipinski definition) is 1. The fourth-order valence-electron chi connectivity index (χ4n) is 3.35. The Labute approximate surface area is 175 Å². The molecule has 1 heterocycles. The molecule has 1 unspecified atom stereocenters. The molecular weight excluding hydrogens is 387 g/mol. The number of halogens is 1. The van der Waals surface area contributed by atoms with Gasteiger partial charge in [0.2, 0.25) is 0 Å². The summed E-state index contributed by atoms with van der Waals surface area (Å²) in [5, 5.41) is 2.69. The Kier molecular flexibility index (Phi) is 6.40. The van der Waals surface area contributed by atoms with Gasteiger partial charge in [-0.25, -0.2) is 14.0 Å². The molecule has 7 heteroatoms. The number of carbonyl (C=O) groups excluding carboxylic acids is 2. The van der Waals surface area contributed by atoms with Crippen LogP contribution in [0.2, 0.25) is 0 Å². The van der Waals surface area contributed by atoms with Crippen molar-refractivity contribution in [2.75, 3.05) is 20.3 Å². The number of benzene rings is 2. The molecule has 1 N–H and O–H groups in total. The zero-order chi connectivity index (χ0) is 21.8. The first-order valence-electron chi connectivity index (χ1n) is 9.73. The van der Waals surface area contributed by atoms with E-state index >= 15 is 0 Å². The first kappa shape index (κ1) is 21.4. The van der Waals surface area contributed by atoms with E-state index in [1.165, 1.54) is 24.1 Å². The minimum Gasteiger partial charge on any atom is -0.487 e. The number of urea groups is 1. The topological polar surface area (TPSA) is 67.9 Å². The minimum atomic E-state index is -0.980. The second kappa shape index (κ2) is 8.98. The molecule has 30 heavy (non-hydrogen) atoms. The molecule has 1 atom stereocenters. The molecule has 6 nitrogen and oxygen atoms in total.